The number of hydrogen-bond acceptors (Lipinski definition) is 1. The first-order valence-electron chi connectivity index (χ1n) is 5.96. The van der Waals surface area contributed by atoms with E-state index in [4.69, 9.17) is 4.74 Å². The highest BCUT2D eigenvalue weighted by Crippen LogP contribution is 2.37. The van der Waals surface area contributed by atoms with Crippen molar-refractivity contribution in [2.45, 2.75) is 12.6 Å². The van der Waals surface area contributed by atoms with Crippen molar-refractivity contribution >= 4 is 0 Å². The third-order valence-corrected chi connectivity index (χ3v) is 3.00. The largest absolute Gasteiger partial charge is 0.497 e. The molecule has 0 atom stereocenters. The van der Waals surface area contributed by atoms with Gasteiger partial charge in [0.1, 0.15) is 5.75 Å². The molecule has 0 spiro atoms. The molecule has 2 rings (SSSR count). The van der Waals surface area contributed by atoms with Gasteiger partial charge in [0.15, 0.2) is 0 Å². The van der Waals surface area contributed by atoms with Crippen LogP contribution in [0.3, 0.4) is 0 Å². The molecule has 0 N–H and O–H groups in total. The summed E-state index contributed by atoms with van der Waals surface area (Å²) in [6, 6.07) is 8.09. The van der Waals surface area contributed by atoms with E-state index in [1.165, 1.54) is 31.4 Å². The molecule has 0 heterocycles. The van der Waals surface area contributed by atoms with Crippen LogP contribution in [0.4, 0.5) is 22.0 Å². The van der Waals surface area contributed by atoms with Crippen molar-refractivity contribution in [1.82, 2.24) is 0 Å². The van der Waals surface area contributed by atoms with Gasteiger partial charge in [-0.1, -0.05) is 12.1 Å². The van der Waals surface area contributed by atoms with Crippen LogP contribution in [0, 0.1) is 0 Å². The number of ether oxygens (including phenoxy) is 1. The van der Waals surface area contributed by atoms with Crippen molar-refractivity contribution in [2.75, 3.05) is 7.11 Å². The highest BCUT2D eigenvalue weighted by atomic mass is 19.4. The van der Waals surface area contributed by atoms with Crippen LogP contribution in [0.1, 0.15) is 17.6 Å². The number of rotatable bonds is 3. The van der Waals surface area contributed by atoms with Gasteiger partial charge in [0.05, 0.1) is 12.7 Å². The molecular formula is C15H11F5O. The van der Waals surface area contributed by atoms with Crippen LogP contribution in [0.2, 0.25) is 0 Å². The summed E-state index contributed by atoms with van der Waals surface area (Å²) in [6.45, 7) is 0. The summed E-state index contributed by atoms with van der Waals surface area (Å²) in [5, 5.41) is 0. The van der Waals surface area contributed by atoms with E-state index in [0.29, 0.717) is 5.75 Å². The summed E-state index contributed by atoms with van der Waals surface area (Å²) in [6.07, 6.45) is -7.32. The van der Waals surface area contributed by atoms with Gasteiger partial charge >= 0.3 is 6.18 Å². The molecular weight excluding hydrogens is 291 g/mol. The van der Waals surface area contributed by atoms with Crippen LogP contribution in [0.5, 0.6) is 5.75 Å². The van der Waals surface area contributed by atoms with Crippen molar-refractivity contribution < 1.29 is 26.7 Å². The molecule has 21 heavy (non-hydrogen) atoms. The van der Waals surface area contributed by atoms with Gasteiger partial charge < -0.3 is 4.74 Å². The molecule has 0 amide bonds. The lowest BCUT2D eigenvalue weighted by Crippen LogP contribution is -2.04. The Morgan fingerprint density at radius 1 is 1.00 bits per heavy atom. The van der Waals surface area contributed by atoms with E-state index in [1.54, 1.807) is 0 Å². The van der Waals surface area contributed by atoms with E-state index in [1.807, 2.05) is 0 Å². The second kappa shape index (κ2) is 5.71. The standard InChI is InChI=1S/C15H11F5O/c1-21-11-5-6-12(14(16)17)13(8-11)9-3-2-4-10(7-9)15(18,19)20/h2-8,14H,1H3. The molecule has 6 heteroatoms. The zero-order valence-electron chi connectivity index (χ0n) is 10.9. The maximum atomic E-state index is 13.0. The van der Waals surface area contributed by atoms with E-state index in [-0.39, 0.29) is 16.7 Å². The zero-order chi connectivity index (χ0) is 15.6. The van der Waals surface area contributed by atoms with Crippen LogP contribution in [0.15, 0.2) is 42.5 Å². The first-order valence-corrected chi connectivity index (χ1v) is 5.96. The average Bonchev–Trinajstić information content (AvgIpc) is 2.45. The number of methoxy groups -OCH3 is 1. The fourth-order valence-corrected chi connectivity index (χ4v) is 1.97. The lowest BCUT2D eigenvalue weighted by atomic mass is 9.97. The Hall–Kier alpha value is -2.11. The van der Waals surface area contributed by atoms with E-state index in [2.05, 4.69) is 0 Å². The molecule has 0 fully saturated rings. The molecule has 0 aliphatic rings. The first-order chi connectivity index (χ1) is 9.82. The quantitative estimate of drug-likeness (QED) is 0.697. The second-order valence-electron chi connectivity index (χ2n) is 4.33. The van der Waals surface area contributed by atoms with E-state index in [9.17, 15) is 22.0 Å². The highest BCUT2D eigenvalue weighted by Gasteiger charge is 2.30. The lowest BCUT2D eigenvalue weighted by Gasteiger charge is -2.13. The molecule has 112 valence electrons. The zero-order valence-corrected chi connectivity index (χ0v) is 10.9. The Kier molecular flexibility index (Phi) is 4.16. The van der Waals surface area contributed by atoms with Crippen LogP contribution in [0.25, 0.3) is 11.1 Å². The van der Waals surface area contributed by atoms with Gasteiger partial charge in [-0.3, -0.25) is 0 Å². The van der Waals surface area contributed by atoms with Gasteiger partial charge in [-0.25, -0.2) is 8.78 Å². The third-order valence-electron chi connectivity index (χ3n) is 3.00. The molecule has 0 aromatic heterocycles. The second-order valence-corrected chi connectivity index (χ2v) is 4.33. The van der Waals surface area contributed by atoms with E-state index < -0.39 is 18.2 Å². The smallest absolute Gasteiger partial charge is 0.416 e. The topological polar surface area (TPSA) is 9.23 Å². The number of alkyl halides is 5. The molecule has 2 aromatic rings. The Balaban J connectivity index is 2.60. The van der Waals surface area contributed by atoms with Crippen molar-refractivity contribution in [2.24, 2.45) is 0 Å². The summed E-state index contributed by atoms with van der Waals surface area (Å²) < 4.78 is 69.1. The number of hydrogen-bond donors (Lipinski definition) is 0. The maximum absolute atomic E-state index is 13.0. The molecule has 0 radical (unpaired) electrons. The van der Waals surface area contributed by atoms with Gasteiger partial charge in [0, 0.05) is 5.56 Å². The number of benzene rings is 2. The first kappa shape index (κ1) is 15.3. The average molecular weight is 302 g/mol. The molecule has 2 aromatic carbocycles. The van der Waals surface area contributed by atoms with Crippen molar-refractivity contribution in [1.29, 1.82) is 0 Å². The van der Waals surface area contributed by atoms with Crippen molar-refractivity contribution in [3.8, 4) is 16.9 Å². The van der Waals surface area contributed by atoms with Gasteiger partial charge in [-0.05, 0) is 41.5 Å². The molecule has 0 unspecified atom stereocenters. The number of halogens is 5. The van der Waals surface area contributed by atoms with Crippen molar-refractivity contribution in [3.05, 3.63) is 53.6 Å². The summed E-state index contributed by atoms with van der Waals surface area (Å²) in [5.41, 5.74) is -1.13. The normalized spacial score (nSPS) is 11.8. The predicted molar refractivity (Wildman–Crippen MR) is 68.4 cm³/mol. The van der Waals surface area contributed by atoms with Crippen LogP contribution < -0.4 is 4.74 Å². The maximum Gasteiger partial charge on any atom is 0.416 e. The van der Waals surface area contributed by atoms with Gasteiger partial charge in [0.2, 0.25) is 0 Å². The van der Waals surface area contributed by atoms with Crippen LogP contribution >= 0.6 is 0 Å². The minimum Gasteiger partial charge on any atom is -0.497 e. The molecule has 0 aliphatic carbocycles. The fourth-order valence-electron chi connectivity index (χ4n) is 1.97. The fraction of sp³-hybridized carbons (Fsp3) is 0.200. The Bertz CT molecular complexity index is 634. The van der Waals surface area contributed by atoms with Crippen LogP contribution in [-0.4, -0.2) is 7.11 Å². The minimum atomic E-state index is -4.53. The third kappa shape index (κ3) is 3.32. The summed E-state index contributed by atoms with van der Waals surface area (Å²) >= 11 is 0. The lowest BCUT2D eigenvalue weighted by molar-refractivity contribution is -0.137. The molecule has 0 aliphatic heterocycles. The van der Waals surface area contributed by atoms with E-state index >= 15 is 0 Å². The Labute approximate surface area is 118 Å². The monoisotopic (exact) mass is 302 g/mol. The highest BCUT2D eigenvalue weighted by molar-refractivity contribution is 5.70. The van der Waals surface area contributed by atoms with Gasteiger partial charge in [-0.2, -0.15) is 13.2 Å². The Morgan fingerprint density at radius 3 is 2.29 bits per heavy atom. The van der Waals surface area contributed by atoms with E-state index in [0.717, 1.165) is 18.2 Å². The summed E-state index contributed by atoms with van der Waals surface area (Å²) in [4.78, 5) is 0. The Morgan fingerprint density at radius 2 is 1.71 bits per heavy atom. The molecule has 1 nitrogen and oxygen atoms in total. The predicted octanol–water partition coefficient (Wildman–Crippen LogP) is 5.32. The molecule has 0 bridgehead atoms. The SMILES string of the molecule is COc1ccc(C(F)F)c(-c2cccc(C(F)(F)F)c2)c1. The van der Waals surface area contributed by atoms with Crippen molar-refractivity contribution in [3.63, 3.8) is 0 Å². The molecule has 0 saturated heterocycles. The van der Waals surface area contributed by atoms with Gasteiger partial charge in [-0.15, -0.1) is 0 Å². The molecule has 0 saturated carbocycles. The summed E-state index contributed by atoms with van der Waals surface area (Å²) in [5.74, 6) is 0.298. The summed E-state index contributed by atoms with van der Waals surface area (Å²) in [7, 11) is 1.35. The van der Waals surface area contributed by atoms with Crippen LogP contribution in [-0.2, 0) is 6.18 Å². The van der Waals surface area contributed by atoms with Gasteiger partial charge in [0.25, 0.3) is 6.43 Å². The minimum absolute atomic E-state index is 0.0236.